The van der Waals surface area contributed by atoms with Crippen molar-refractivity contribution in [3.8, 4) is 0 Å². The quantitative estimate of drug-likeness (QED) is 0.775. The molecule has 0 amide bonds. The number of aliphatic hydroxyl groups is 1. The van der Waals surface area contributed by atoms with E-state index in [0.717, 1.165) is 32.7 Å². The number of aliphatic hydroxyl groups excluding tert-OH is 1. The molecule has 0 spiro atoms. The van der Waals surface area contributed by atoms with Crippen LogP contribution in [-0.4, -0.2) is 58.6 Å². The van der Waals surface area contributed by atoms with Gasteiger partial charge in [0.25, 0.3) is 0 Å². The number of hydrogen-bond donors (Lipinski definition) is 1. The molecule has 1 fully saturated rings. The second-order valence-corrected chi connectivity index (χ2v) is 7.60. The summed E-state index contributed by atoms with van der Waals surface area (Å²) in [5.74, 6) is 0.558. The molecule has 1 aromatic heterocycles. The second-order valence-electron chi connectivity index (χ2n) is 6.74. The van der Waals surface area contributed by atoms with E-state index in [1.165, 1.54) is 16.0 Å². The molecule has 2 aromatic rings. The van der Waals surface area contributed by atoms with Crippen LogP contribution in [0.2, 0.25) is 0 Å². The highest BCUT2D eigenvalue weighted by Gasteiger charge is 2.27. The van der Waals surface area contributed by atoms with Crippen LogP contribution in [-0.2, 0) is 0 Å². The molecule has 1 unspecified atom stereocenters. The standard InChI is InChI=1S/C19H27N3OS.2ClH/c1-15(2)16-3-5-17(6-4-16)19(18-7-8-20-24-18)22-11-9-21(10-12-22)13-14-23;;/h3-8,15,19,23H,9-14H2,1-2H3;2*1H. The van der Waals surface area contributed by atoms with Crippen LogP contribution in [0.25, 0.3) is 0 Å². The maximum absolute atomic E-state index is 9.13. The molecule has 0 radical (unpaired) electrons. The Morgan fingerprint density at radius 3 is 2.12 bits per heavy atom. The Morgan fingerprint density at radius 2 is 1.62 bits per heavy atom. The number of nitrogens with zero attached hydrogens (tertiary/aromatic N) is 3. The number of aromatic nitrogens is 1. The summed E-state index contributed by atoms with van der Waals surface area (Å²) in [6.07, 6.45) is 1.90. The van der Waals surface area contributed by atoms with Crippen molar-refractivity contribution in [3.05, 3.63) is 52.5 Å². The van der Waals surface area contributed by atoms with Crippen molar-refractivity contribution in [2.24, 2.45) is 0 Å². The third-order valence-electron chi connectivity index (χ3n) is 4.83. The molecule has 0 aliphatic carbocycles. The van der Waals surface area contributed by atoms with Gasteiger partial charge in [-0.1, -0.05) is 38.1 Å². The lowest BCUT2D eigenvalue weighted by Gasteiger charge is -2.39. The average Bonchev–Trinajstić information content (AvgIpc) is 3.11. The van der Waals surface area contributed by atoms with Crippen molar-refractivity contribution in [2.75, 3.05) is 39.3 Å². The van der Waals surface area contributed by atoms with Crippen LogP contribution in [0.3, 0.4) is 0 Å². The van der Waals surface area contributed by atoms with Gasteiger partial charge in [-0.2, -0.15) is 0 Å². The van der Waals surface area contributed by atoms with Gasteiger partial charge in [-0.3, -0.25) is 9.80 Å². The SMILES string of the molecule is CC(C)c1ccc(C(c2ccns2)N2CCN(CCO)CC2)cc1.Cl.Cl. The number of β-amino-alcohol motifs (C(OH)–C–C–N with tert-alkyl or cyclic N) is 1. The lowest BCUT2D eigenvalue weighted by Crippen LogP contribution is -2.48. The number of benzene rings is 1. The van der Waals surface area contributed by atoms with Crippen molar-refractivity contribution in [1.82, 2.24) is 14.2 Å². The first-order valence-electron chi connectivity index (χ1n) is 8.76. The Kier molecular flexibility index (Phi) is 10.1. The van der Waals surface area contributed by atoms with Gasteiger partial charge in [0, 0.05) is 43.8 Å². The Labute approximate surface area is 173 Å². The van der Waals surface area contributed by atoms with Gasteiger partial charge in [-0.25, -0.2) is 4.37 Å². The topological polar surface area (TPSA) is 39.6 Å². The third-order valence-corrected chi connectivity index (χ3v) is 5.63. The van der Waals surface area contributed by atoms with Gasteiger partial charge in [-0.05, 0) is 34.6 Å². The van der Waals surface area contributed by atoms with Gasteiger partial charge >= 0.3 is 0 Å². The summed E-state index contributed by atoms with van der Waals surface area (Å²) in [6, 6.07) is 11.5. The summed E-state index contributed by atoms with van der Waals surface area (Å²) >= 11 is 1.60. The molecule has 3 rings (SSSR count). The lowest BCUT2D eigenvalue weighted by atomic mass is 9.97. The summed E-state index contributed by atoms with van der Waals surface area (Å²) < 4.78 is 4.33. The van der Waals surface area contributed by atoms with Crippen LogP contribution >= 0.6 is 36.3 Å². The van der Waals surface area contributed by atoms with E-state index in [9.17, 15) is 0 Å². The largest absolute Gasteiger partial charge is 0.395 e. The third kappa shape index (κ3) is 5.65. The minimum Gasteiger partial charge on any atom is -0.395 e. The molecule has 0 saturated carbocycles. The van der Waals surface area contributed by atoms with E-state index in [2.05, 4.69) is 58.4 Å². The van der Waals surface area contributed by atoms with Crippen molar-refractivity contribution >= 4 is 36.3 Å². The predicted molar refractivity (Wildman–Crippen MR) is 114 cm³/mol. The number of piperazine rings is 1. The molecule has 1 aliphatic heterocycles. The molecule has 0 bridgehead atoms. The van der Waals surface area contributed by atoms with E-state index < -0.39 is 0 Å². The van der Waals surface area contributed by atoms with E-state index in [1.807, 2.05) is 6.20 Å². The first kappa shape index (κ1) is 23.3. The maximum Gasteiger partial charge on any atom is 0.0713 e. The molecule has 1 aliphatic rings. The fraction of sp³-hybridized carbons (Fsp3) is 0.526. The van der Waals surface area contributed by atoms with Gasteiger partial charge in [0.15, 0.2) is 0 Å². The predicted octanol–water partition coefficient (Wildman–Crippen LogP) is 3.81. The molecule has 1 N–H and O–H groups in total. The van der Waals surface area contributed by atoms with Crippen molar-refractivity contribution in [1.29, 1.82) is 0 Å². The van der Waals surface area contributed by atoms with Crippen molar-refractivity contribution in [3.63, 3.8) is 0 Å². The van der Waals surface area contributed by atoms with Gasteiger partial charge in [-0.15, -0.1) is 24.8 Å². The van der Waals surface area contributed by atoms with Crippen LogP contribution in [0.5, 0.6) is 0 Å². The monoisotopic (exact) mass is 417 g/mol. The summed E-state index contributed by atoms with van der Waals surface area (Å²) in [7, 11) is 0. The molecule has 1 atom stereocenters. The molecule has 146 valence electrons. The molecular formula is C19H29Cl2N3OS. The minimum atomic E-state index is 0. The van der Waals surface area contributed by atoms with Crippen LogP contribution in [0.4, 0.5) is 0 Å². The maximum atomic E-state index is 9.13. The average molecular weight is 418 g/mol. The fourth-order valence-corrected chi connectivity index (χ4v) is 4.12. The summed E-state index contributed by atoms with van der Waals surface area (Å²) in [6.45, 7) is 9.56. The van der Waals surface area contributed by atoms with Gasteiger partial charge < -0.3 is 5.11 Å². The fourth-order valence-electron chi connectivity index (χ4n) is 3.37. The van der Waals surface area contributed by atoms with E-state index in [4.69, 9.17) is 5.11 Å². The second kappa shape index (κ2) is 11.2. The molecule has 1 saturated heterocycles. The zero-order chi connectivity index (χ0) is 16.9. The highest BCUT2D eigenvalue weighted by molar-refractivity contribution is 7.05. The van der Waals surface area contributed by atoms with E-state index in [1.54, 1.807) is 11.5 Å². The van der Waals surface area contributed by atoms with E-state index in [0.29, 0.717) is 5.92 Å². The molecular weight excluding hydrogens is 389 g/mol. The van der Waals surface area contributed by atoms with Gasteiger partial charge in [0.2, 0.25) is 0 Å². The summed E-state index contributed by atoms with van der Waals surface area (Å²) in [5.41, 5.74) is 2.73. The highest BCUT2D eigenvalue weighted by atomic mass is 35.5. The van der Waals surface area contributed by atoms with Crippen molar-refractivity contribution in [2.45, 2.75) is 25.8 Å². The zero-order valence-electron chi connectivity index (χ0n) is 15.4. The number of hydrogen-bond acceptors (Lipinski definition) is 5. The van der Waals surface area contributed by atoms with Crippen molar-refractivity contribution < 1.29 is 5.11 Å². The van der Waals surface area contributed by atoms with Gasteiger partial charge in [0.05, 0.1) is 12.6 Å². The first-order valence-corrected chi connectivity index (χ1v) is 9.54. The van der Waals surface area contributed by atoms with Crippen LogP contribution in [0.15, 0.2) is 36.5 Å². The molecule has 1 aromatic carbocycles. The molecule has 7 heteroatoms. The first-order chi connectivity index (χ1) is 11.7. The van der Waals surface area contributed by atoms with E-state index >= 15 is 0 Å². The highest BCUT2D eigenvalue weighted by Crippen LogP contribution is 2.32. The zero-order valence-corrected chi connectivity index (χ0v) is 17.8. The van der Waals surface area contributed by atoms with Crippen LogP contribution in [0.1, 0.15) is 41.8 Å². The Balaban J connectivity index is 0.00000169. The van der Waals surface area contributed by atoms with Crippen LogP contribution < -0.4 is 0 Å². The van der Waals surface area contributed by atoms with Crippen LogP contribution in [0, 0.1) is 0 Å². The Morgan fingerprint density at radius 1 is 1.00 bits per heavy atom. The van der Waals surface area contributed by atoms with Gasteiger partial charge in [0.1, 0.15) is 0 Å². The van der Waals surface area contributed by atoms with E-state index in [-0.39, 0.29) is 37.5 Å². The molecule has 2 heterocycles. The minimum absolute atomic E-state index is 0. The normalized spacial score (nSPS) is 16.8. The Hall–Kier alpha value is -0.690. The lowest BCUT2D eigenvalue weighted by molar-refractivity contribution is 0.0953. The summed E-state index contributed by atoms with van der Waals surface area (Å²) in [5, 5.41) is 9.13. The smallest absolute Gasteiger partial charge is 0.0713 e. The number of rotatable bonds is 6. The molecule has 26 heavy (non-hydrogen) atoms. The number of halogens is 2. The Bertz CT molecular complexity index is 614. The molecule has 4 nitrogen and oxygen atoms in total. The summed E-state index contributed by atoms with van der Waals surface area (Å²) in [4.78, 5) is 6.19.